The highest BCUT2D eigenvalue weighted by molar-refractivity contribution is 5.81. The molecule has 52 heavy (non-hydrogen) atoms. The van der Waals surface area contributed by atoms with E-state index < -0.39 is 0 Å². The van der Waals surface area contributed by atoms with E-state index in [0.29, 0.717) is 18.5 Å². The molecule has 7 nitrogen and oxygen atoms in total. The van der Waals surface area contributed by atoms with E-state index in [1.807, 2.05) is 32.6 Å². The van der Waals surface area contributed by atoms with E-state index in [0.717, 1.165) is 93.5 Å². The highest BCUT2D eigenvalue weighted by Crippen LogP contribution is 2.67. The fourth-order valence-corrected chi connectivity index (χ4v) is 11.2. The maximum atomic E-state index is 13.4. The fraction of sp³-hybridized carbons (Fsp3) is 0.911. The maximum Gasteiger partial charge on any atom is 0.306 e. The minimum Gasteiger partial charge on any atom is -0.462 e. The Balaban J connectivity index is 1.25. The van der Waals surface area contributed by atoms with Crippen LogP contribution in [0.25, 0.3) is 0 Å². The number of unbranched alkanes of at least 4 members (excludes halogenated alkanes) is 1. The van der Waals surface area contributed by atoms with Gasteiger partial charge >= 0.3 is 5.97 Å². The Morgan fingerprint density at radius 2 is 1.62 bits per heavy atom. The zero-order valence-electron chi connectivity index (χ0n) is 35.3. The van der Waals surface area contributed by atoms with Crippen molar-refractivity contribution in [3.05, 3.63) is 11.6 Å². The topological polar surface area (TPSA) is 111 Å². The van der Waals surface area contributed by atoms with Gasteiger partial charge < -0.3 is 26.4 Å². The zero-order valence-corrected chi connectivity index (χ0v) is 35.3. The number of allylic oxidation sites excluding steroid dienone is 1. The number of hydrogen-bond donors (Lipinski definition) is 3. The number of hydrogen-bond acceptors (Lipinski definition) is 6. The maximum absolute atomic E-state index is 13.4. The van der Waals surface area contributed by atoms with Crippen LogP contribution in [0.1, 0.15) is 171 Å². The van der Waals surface area contributed by atoms with Crippen LogP contribution in [0.5, 0.6) is 0 Å². The molecular weight excluding hydrogens is 645 g/mol. The van der Waals surface area contributed by atoms with Gasteiger partial charge in [0.25, 0.3) is 0 Å². The molecule has 0 aromatic heterocycles. The lowest BCUT2D eigenvalue weighted by atomic mass is 9.47. The summed E-state index contributed by atoms with van der Waals surface area (Å²) in [7, 11) is 0. The molecule has 0 heterocycles. The van der Waals surface area contributed by atoms with Crippen molar-refractivity contribution in [2.24, 2.45) is 57.8 Å². The summed E-state index contributed by atoms with van der Waals surface area (Å²) < 4.78 is 6.11. The third kappa shape index (κ3) is 11.8. The van der Waals surface area contributed by atoms with Crippen molar-refractivity contribution in [1.82, 2.24) is 10.2 Å². The van der Waals surface area contributed by atoms with Gasteiger partial charge in [0.2, 0.25) is 5.91 Å². The van der Waals surface area contributed by atoms with E-state index in [1.54, 1.807) is 5.57 Å². The van der Waals surface area contributed by atoms with E-state index in [9.17, 15) is 9.59 Å². The number of esters is 1. The first kappa shape index (κ1) is 43.3. The minimum absolute atomic E-state index is 0.0275. The third-order valence-electron chi connectivity index (χ3n) is 14.5. The van der Waals surface area contributed by atoms with Crippen LogP contribution in [0, 0.1) is 46.3 Å². The van der Waals surface area contributed by atoms with Crippen LogP contribution in [0.4, 0.5) is 0 Å². The van der Waals surface area contributed by atoms with Crippen LogP contribution >= 0.6 is 0 Å². The summed E-state index contributed by atoms with van der Waals surface area (Å²) in [6.07, 6.45) is 20.3. The van der Waals surface area contributed by atoms with Crippen LogP contribution in [0.3, 0.4) is 0 Å². The average molecular weight is 727 g/mol. The summed E-state index contributed by atoms with van der Waals surface area (Å²) in [6, 6.07) is 0. The van der Waals surface area contributed by atoms with Gasteiger partial charge in [0.05, 0.1) is 6.42 Å². The Labute approximate surface area is 320 Å². The molecule has 1 amide bonds. The molecule has 5 N–H and O–H groups in total. The molecule has 0 radical (unpaired) electrons. The van der Waals surface area contributed by atoms with Crippen LogP contribution in [-0.2, 0) is 14.3 Å². The van der Waals surface area contributed by atoms with Gasteiger partial charge in [-0.05, 0) is 158 Å². The van der Waals surface area contributed by atoms with E-state index in [2.05, 4.69) is 46.0 Å². The zero-order chi connectivity index (χ0) is 38.3. The summed E-state index contributed by atoms with van der Waals surface area (Å²) in [4.78, 5) is 28.4. The molecule has 7 heteroatoms. The Morgan fingerprint density at radius 3 is 2.31 bits per heavy atom. The van der Waals surface area contributed by atoms with Crippen molar-refractivity contribution < 1.29 is 14.3 Å². The van der Waals surface area contributed by atoms with Gasteiger partial charge in [0.15, 0.2) is 0 Å². The van der Waals surface area contributed by atoms with E-state index in [4.69, 9.17) is 16.2 Å². The van der Waals surface area contributed by atoms with Crippen molar-refractivity contribution >= 4 is 11.9 Å². The molecule has 0 spiro atoms. The highest BCUT2D eigenvalue weighted by atomic mass is 16.5. The first-order chi connectivity index (χ1) is 24.3. The van der Waals surface area contributed by atoms with Gasteiger partial charge in [-0.3, -0.25) is 9.59 Å². The molecule has 4 aliphatic carbocycles. The predicted molar refractivity (Wildman–Crippen MR) is 217 cm³/mol. The van der Waals surface area contributed by atoms with Crippen molar-refractivity contribution in [2.75, 3.05) is 26.2 Å². The van der Waals surface area contributed by atoms with E-state index in [-0.39, 0.29) is 47.3 Å². The van der Waals surface area contributed by atoms with Gasteiger partial charge in [-0.15, -0.1) is 0 Å². The largest absolute Gasteiger partial charge is 0.462 e. The van der Waals surface area contributed by atoms with Crippen LogP contribution in [-0.4, -0.2) is 60.1 Å². The monoisotopic (exact) mass is 727 g/mol. The number of nitrogens with one attached hydrogen (secondary N) is 1. The molecule has 0 bridgehead atoms. The molecule has 0 aromatic rings. The predicted octanol–water partition coefficient (Wildman–Crippen LogP) is 9.17. The van der Waals surface area contributed by atoms with Crippen LogP contribution in [0.15, 0.2) is 11.6 Å². The Hall–Kier alpha value is -1.44. The SMILES string of the molecule is CC(C)CCC[C@@H](C)[C@H]1CC[C@H]2[C@@H]3CC=C4C[C@@H](OC(=O)CCC(=O)N(CCCCNCCC(C)(C)N)CCC(C)(C)N)CC[C@]4(C)[C@H]3CC[C@]12C. The number of carbonyl (C=O) groups is 2. The first-order valence-electron chi connectivity index (χ1n) is 21.8. The number of rotatable bonds is 20. The second-order valence-electron chi connectivity index (χ2n) is 20.5. The molecule has 300 valence electrons. The molecule has 3 saturated carbocycles. The van der Waals surface area contributed by atoms with E-state index in [1.165, 1.54) is 51.4 Å². The Morgan fingerprint density at radius 1 is 0.885 bits per heavy atom. The number of carbonyl (C=O) groups excluding carboxylic acids is 2. The van der Waals surface area contributed by atoms with Crippen molar-refractivity contribution in [1.29, 1.82) is 0 Å². The number of nitrogens with two attached hydrogens (primary N) is 2. The average Bonchev–Trinajstić information content (AvgIpc) is 3.41. The third-order valence-corrected chi connectivity index (χ3v) is 14.5. The van der Waals surface area contributed by atoms with Gasteiger partial charge in [0.1, 0.15) is 6.10 Å². The second kappa shape index (κ2) is 18.5. The standard InChI is InChI=1S/C45H82N4O3/c1-32(2)13-12-14-33(3)37-17-18-38-36-16-15-34-31-35(21-23-44(34,8)39(36)22-24-45(37,38)9)52-41(51)20-19-40(50)49(30-26-43(6,7)47)29-11-10-27-48-28-25-42(4,5)46/h15,32-33,35-39,48H,10-14,16-31,46-47H2,1-9H3/t33-,35+,36+,37-,38+,39+,44+,45-/m1/s1. The lowest BCUT2D eigenvalue weighted by Gasteiger charge is -2.58. The number of amides is 1. The van der Waals surface area contributed by atoms with Crippen molar-refractivity contribution in [2.45, 2.75) is 189 Å². The summed E-state index contributed by atoms with van der Waals surface area (Å²) in [5, 5.41) is 3.47. The van der Waals surface area contributed by atoms with Crippen LogP contribution < -0.4 is 16.8 Å². The molecule has 0 aliphatic heterocycles. The van der Waals surface area contributed by atoms with Gasteiger partial charge in [0, 0.05) is 37.0 Å². The van der Waals surface area contributed by atoms with Crippen molar-refractivity contribution in [3.8, 4) is 0 Å². The molecule has 8 atom stereocenters. The number of fused-ring (bicyclic) bond motifs is 5. The summed E-state index contributed by atoms with van der Waals surface area (Å²) in [5.41, 5.74) is 14.1. The van der Waals surface area contributed by atoms with Gasteiger partial charge in [-0.25, -0.2) is 0 Å². The normalized spacial score (nSPS) is 31.0. The quantitative estimate of drug-likeness (QED) is 0.0656. The molecular formula is C45H82N4O3. The first-order valence-corrected chi connectivity index (χ1v) is 21.8. The molecule has 0 aromatic carbocycles. The lowest BCUT2D eigenvalue weighted by Crippen LogP contribution is -2.51. The summed E-state index contributed by atoms with van der Waals surface area (Å²) in [6.45, 7) is 23.7. The smallest absolute Gasteiger partial charge is 0.306 e. The van der Waals surface area contributed by atoms with Gasteiger partial charge in [-0.2, -0.15) is 0 Å². The molecule has 4 rings (SSSR count). The molecule has 3 fully saturated rings. The molecule has 4 aliphatic rings. The Bertz CT molecular complexity index is 1190. The van der Waals surface area contributed by atoms with Crippen LogP contribution in [0.2, 0.25) is 0 Å². The highest BCUT2D eigenvalue weighted by Gasteiger charge is 2.59. The lowest BCUT2D eigenvalue weighted by molar-refractivity contribution is -0.153. The molecule has 0 unspecified atom stereocenters. The molecule has 0 saturated heterocycles. The summed E-state index contributed by atoms with van der Waals surface area (Å²) >= 11 is 0. The Kier molecular flexibility index (Phi) is 15.4. The van der Waals surface area contributed by atoms with Gasteiger partial charge in [-0.1, -0.05) is 65.5 Å². The van der Waals surface area contributed by atoms with Crippen molar-refractivity contribution in [3.63, 3.8) is 0 Å². The fourth-order valence-electron chi connectivity index (χ4n) is 11.2. The van der Waals surface area contributed by atoms with E-state index >= 15 is 0 Å². The summed E-state index contributed by atoms with van der Waals surface area (Å²) in [5.74, 6) is 4.75. The minimum atomic E-state index is -0.348. The number of ether oxygens (including phenoxy) is 1. The second-order valence-corrected chi connectivity index (χ2v) is 20.5. The number of nitrogens with zero attached hydrogens (tertiary/aromatic N) is 1.